The molecular formula is C11H23NO3S. The van der Waals surface area contributed by atoms with E-state index in [1.165, 1.54) is 0 Å². The molecule has 16 heavy (non-hydrogen) atoms. The lowest BCUT2D eigenvalue weighted by Gasteiger charge is -2.22. The molecule has 0 fully saturated rings. The predicted molar refractivity (Wildman–Crippen MR) is 67.7 cm³/mol. The quantitative estimate of drug-likeness (QED) is 0.539. The molecule has 4 nitrogen and oxygen atoms in total. The van der Waals surface area contributed by atoms with Gasteiger partial charge in [0.1, 0.15) is 5.54 Å². The molecule has 0 amide bonds. The molecule has 0 aromatic rings. The van der Waals surface area contributed by atoms with Crippen LogP contribution < -0.4 is 5.73 Å². The number of hydrogen-bond acceptors (Lipinski definition) is 4. The van der Waals surface area contributed by atoms with Crippen LogP contribution in [0.15, 0.2) is 0 Å². The van der Waals surface area contributed by atoms with Crippen molar-refractivity contribution in [2.24, 2.45) is 5.73 Å². The lowest BCUT2D eigenvalue weighted by Crippen LogP contribution is -2.47. The van der Waals surface area contributed by atoms with E-state index in [2.05, 4.69) is 6.92 Å². The fourth-order valence-corrected chi connectivity index (χ4v) is 2.36. The summed E-state index contributed by atoms with van der Waals surface area (Å²) in [6.07, 6.45) is 2.55. The third-order valence-electron chi connectivity index (χ3n) is 2.76. The molecule has 0 radical (unpaired) electrons. The van der Waals surface area contributed by atoms with Crippen molar-refractivity contribution in [3.63, 3.8) is 0 Å². The maximum absolute atomic E-state index is 10.9. The maximum atomic E-state index is 10.9. The number of hydrogen-bond donors (Lipinski definition) is 3. The number of aliphatic carboxylic acids is 1. The summed E-state index contributed by atoms with van der Waals surface area (Å²) in [6, 6.07) is 0. The van der Waals surface area contributed by atoms with E-state index in [1.54, 1.807) is 18.7 Å². The van der Waals surface area contributed by atoms with Crippen LogP contribution in [0.25, 0.3) is 0 Å². The number of carboxylic acid groups (broad SMARTS) is 1. The Balaban J connectivity index is 3.76. The average Bonchev–Trinajstić information content (AvgIpc) is 2.24. The molecular weight excluding hydrogens is 226 g/mol. The van der Waals surface area contributed by atoms with Crippen molar-refractivity contribution in [2.45, 2.75) is 50.3 Å². The van der Waals surface area contributed by atoms with E-state index in [-0.39, 0.29) is 6.61 Å². The van der Waals surface area contributed by atoms with Crippen LogP contribution in [0.3, 0.4) is 0 Å². The number of aliphatic hydroxyl groups excluding tert-OH is 1. The number of thioether (sulfide) groups is 1. The minimum absolute atomic E-state index is 0.207. The van der Waals surface area contributed by atoms with Crippen molar-refractivity contribution < 1.29 is 15.0 Å². The zero-order chi connectivity index (χ0) is 12.6. The van der Waals surface area contributed by atoms with Gasteiger partial charge in [0.2, 0.25) is 0 Å². The third-order valence-corrected chi connectivity index (χ3v) is 4.09. The minimum atomic E-state index is -1.07. The molecule has 0 heterocycles. The fourth-order valence-electron chi connectivity index (χ4n) is 1.37. The molecule has 0 aromatic carbocycles. The average molecular weight is 249 g/mol. The molecule has 4 N–H and O–H groups in total. The standard InChI is InChI=1S/C11H23NO3S/c1-3-11(12,10(14)15)6-4-8-16-9(2)5-7-13/h9,13H,3-8,12H2,1-2H3,(H,14,15). The van der Waals surface area contributed by atoms with Crippen molar-refractivity contribution in [2.75, 3.05) is 12.4 Å². The van der Waals surface area contributed by atoms with Crippen LogP contribution in [0, 0.1) is 0 Å². The van der Waals surface area contributed by atoms with Crippen molar-refractivity contribution in [3.05, 3.63) is 0 Å². The van der Waals surface area contributed by atoms with Gasteiger partial charge < -0.3 is 15.9 Å². The highest BCUT2D eigenvalue weighted by molar-refractivity contribution is 7.99. The summed E-state index contributed by atoms with van der Waals surface area (Å²) < 4.78 is 0. The number of nitrogens with two attached hydrogens (primary N) is 1. The Hall–Kier alpha value is -0.260. The molecule has 0 rings (SSSR count). The van der Waals surface area contributed by atoms with E-state index in [1.807, 2.05) is 0 Å². The van der Waals surface area contributed by atoms with Crippen LogP contribution in [0.2, 0.25) is 0 Å². The molecule has 2 unspecified atom stereocenters. The summed E-state index contributed by atoms with van der Waals surface area (Å²) in [5, 5.41) is 18.1. The number of rotatable bonds is 9. The summed E-state index contributed by atoms with van der Waals surface area (Å²) in [4.78, 5) is 10.9. The SMILES string of the molecule is CCC(N)(CCCSC(C)CCO)C(=O)O. The number of carbonyl (C=O) groups is 1. The highest BCUT2D eigenvalue weighted by Gasteiger charge is 2.30. The molecule has 0 aliphatic carbocycles. The summed E-state index contributed by atoms with van der Waals surface area (Å²) in [5.41, 5.74) is 4.70. The van der Waals surface area contributed by atoms with E-state index in [0.717, 1.165) is 18.6 Å². The topological polar surface area (TPSA) is 83.5 Å². The van der Waals surface area contributed by atoms with Crippen molar-refractivity contribution >= 4 is 17.7 Å². The van der Waals surface area contributed by atoms with Gasteiger partial charge in [-0.3, -0.25) is 4.79 Å². The Morgan fingerprint density at radius 2 is 2.19 bits per heavy atom. The molecule has 0 saturated carbocycles. The Bertz CT molecular complexity index is 213. The summed E-state index contributed by atoms with van der Waals surface area (Å²) >= 11 is 1.76. The Morgan fingerprint density at radius 1 is 1.56 bits per heavy atom. The molecule has 0 spiro atoms. The van der Waals surface area contributed by atoms with Gasteiger partial charge in [0.15, 0.2) is 0 Å². The molecule has 2 atom stereocenters. The second kappa shape index (κ2) is 7.92. The molecule has 0 aliphatic rings. The van der Waals surface area contributed by atoms with Crippen LogP contribution in [0.5, 0.6) is 0 Å². The van der Waals surface area contributed by atoms with Crippen LogP contribution in [0.1, 0.15) is 39.5 Å². The zero-order valence-electron chi connectivity index (χ0n) is 10.1. The third kappa shape index (κ3) is 5.72. The van der Waals surface area contributed by atoms with Crippen LogP contribution >= 0.6 is 11.8 Å². The van der Waals surface area contributed by atoms with Crippen molar-refractivity contribution in [1.82, 2.24) is 0 Å². The van der Waals surface area contributed by atoms with E-state index < -0.39 is 11.5 Å². The van der Waals surface area contributed by atoms with Crippen LogP contribution in [-0.4, -0.2) is 39.3 Å². The first-order valence-corrected chi connectivity index (χ1v) is 6.76. The van der Waals surface area contributed by atoms with Gasteiger partial charge in [0, 0.05) is 11.9 Å². The Kier molecular flexibility index (Phi) is 7.80. The predicted octanol–water partition coefficient (Wildman–Crippen LogP) is 1.46. The second-order valence-corrected chi connectivity index (χ2v) is 5.66. The first-order chi connectivity index (χ1) is 7.46. The summed E-state index contributed by atoms with van der Waals surface area (Å²) in [7, 11) is 0. The van der Waals surface area contributed by atoms with Gasteiger partial charge in [-0.15, -0.1) is 0 Å². The van der Waals surface area contributed by atoms with Gasteiger partial charge in [-0.2, -0.15) is 11.8 Å². The van der Waals surface area contributed by atoms with Gasteiger partial charge >= 0.3 is 5.97 Å². The van der Waals surface area contributed by atoms with E-state index >= 15 is 0 Å². The Morgan fingerprint density at radius 3 is 2.62 bits per heavy atom. The number of aliphatic hydroxyl groups is 1. The molecule has 0 bridgehead atoms. The van der Waals surface area contributed by atoms with Crippen LogP contribution in [0.4, 0.5) is 0 Å². The number of carboxylic acids is 1. The fraction of sp³-hybridized carbons (Fsp3) is 0.909. The molecule has 5 heteroatoms. The van der Waals surface area contributed by atoms with Gasteiger partial charge in [-0.1, -0.05) is 13.8 Å². The zero-order valence-corrected chi connectivity index (χ0v) is 10.9. The smallest absolute Gasteiger partial charge is 0.323 e. The van der Waals surface area contributed by atoms with E-state index in [4.69, 9.17) is 15.9 Å². The van der Waals surface area contributed by atoms with Gasteiger partial charge in [0.05, 0.1) is 0 Å². The second-order valence-electron chi connectivity index (χ2n) is 4.11. The van der Waals surface area contributed by atoms with E-state index in [9.17, 15) is 4.79 Å². The van der Waals surface area contributed by atoms with Crippen molar-refractivity contribution in [1.29, 1.82) is 0 Å². The maximum Gasteiger partial charge on any atom is 0.323 e. The van der Waals surface area contributed by atoms with E-state index in [0.29, 0.717) is 18.1 Å². The molecule has 0 aromatic heterocycles. The monoisotopic (exact) mass is 249 g/mol. The Labute approximate surface area is 102 Å². The largest absolute Gasteiger partial charge is 0.480 e. The lowest BCUT2D eigenvalue weighted by atomic mass is 9.92. The van der Waals surface area contributed by atoms with Crippen molar-refractivity contribution in [3.8, 4) is 0 Å². The van der Waals surface area contributed by atoms with Gasteiger partial charge in [0.25, 0.3) is 0 Å². The minimum Gasteiger partial charge on any atom is -0.480 e. The highest BCUT2D eigenvalue weighted by Crippen LogP contribution is 2.20. The first-order valence-electron chi connectivity index (χ1n) is 5.71. The highest BCUT2D eigenvalue weighted by atomic mass is 32.2. The molecule has 96 valence electrons. The normalized spacial score (nSPS) is 16.8. The molecule has 0 aliphatic heterocycles. The van der Waals surface area contributed by atoms with Gasteiger partial charge in [-0.25, -0.2) is 0 Å². The van der Waals surface area contributed by atoms with Gasteiger partial charge in [-0.05, 0) is 31.4 Å². The summed E-state index contributed by atoms with van der Waals surface area (Å²) in [5.74, 6) is -0.0173. The lowest BCUT2D eigenvalue weighted by molar-refractivity contribution is -0.143. The first kappa shape index (κ1) is 15.7. The van der Waals surface area contributed by atoms with Crippen LogP contribution in [-0.2, 0) is 4.79 Å². The molecule has 0 saturated heterocycles. The summed E-state index contributed by atoms with van der Waals surface area (Å²) in [6.45, 7) is 4.07.